The first-order chi connectivity index (χ1) is 10.7. The second kappa shape index (κ2) is 6.92. The van der Waals surface area contributed by atoms with E-state index in [1.54, 1.807) is 0 Å². The Balaban J connectivity index is 1.56. The first kappa shape index (κ1) is 15.0. The van der Waals surface area contributed by atoms with Crippen molar-refractivity contribution >= 4 is 23.1 Å². The molecule has 1 aliphatic carbocycles. The summed E-state index contributed by atoms with van der Waals surface area (Å²) >= 11 is 5.36. The molecule has 22 heavy (non-hydrogen) atoms. The van der Waals surface area contributed by atoms with Gasteiger partial charge in [0.25, 0.3) is 0 Å². The fourth-order valence-corrected chi connectivity index (χ4v) is 3.16. The van der Waals surface area contributed by atoms with Crippen molar-refractivity contribution in [1.29, 1.82) is 0 Å². The maximum atomic E-state index is 5.36. The van der Waals surface area contributed by atoms with E-state index in [1.165, 1.54) is 36.8 Å². The van der Waals surface area contributed by atoms with Crippen LogP contribution in [0.1, 0.15) is 36.8 Å². The first-order valence-corrected chi connectivity index (χ1v) is 8.27. The van der Waals surface area contributed by atoms with Crippen LogP contribution in [0.15, 0.2) is 36.5 Å². The molecule has 4 nitrogen and oxygen atoms in total. The predicted molar refractivity (Wildman–Crippen MR) is 94.1 cm³/mol. The van der Waals surface area contributed by atoms with E-state index in [-0.39, 0.29) is 0 Å². The standard InChI is InChI=1S/C17H22N4S/c1-13-6-2-3-7-14(13)12-21-11-10-16(20-21)19-17(22)18-15-8-4-5-9-15/h2-3,6-7,10-11,15H,4-5,8-9,12H2,1H3,(H2,18,19,20,22). The highest BCUT2D eigenvalue weighted by molar-refractivity contribution is 7.80. The highest BCUT2D eigenvalue weighted by Crippen LogP contribution is 2.17. The van der Waals surface area contributed by atoms with Crippen molar-refractivity contribution in [2.75, 3.05) is 5.32 Å². The Morgan fingerprint density at radius 3 is 2.82 bits per heavy atom. The summed E-state index contributed by atoms with van der Waals surface area (Å²) in [6, 6.07) is 10.9. The van der Waals surface area contributed by atoms with Crippen LogP contribution in [0.25, 0.3) is 0 Å². The summed E-state index contributed by atoms with van der Waals surface area (Å²) in [7, 11) is 0. The quantitative estimate of drug-likeness (QED) is 0.848. The van der Waals surface area contributed by atoms with Gasteiger partial charge in [-0.15, -0.1) is 0 Å². The molecule has 0 unspecified atom stereocenters. The molecule has 0 radical (unpaired) electrons. The maximum Gasteiger partial charge on any atom is 0.172 e. The largest absolute Gasteiger partial charge is 0.360 e. The van der Waals surface area contributed by atoms with Gasteiger partial charge >= 0.3 is 0 Å². The minimum atomic E-state index is 0.522. The summed E-state index contributed by atoms with van der Waals surface area (Å²) in [6.07, 6.45) is 7.00. The molecule has 1 aromatic carbocycles. The molecule has 2 N–H and O–H groups in total. The van der Waals surface area contributed by atoms with Crippen LogP contribution in [0.4, 0.5) is 5.82 Å². The van der Waals surface area contributed by atoms with E-state index in [0.29, 0.717) is 11.2 Å². The fourth-order valence-electron chi connectivity index (χ4n) is 2.89. The summed E-state index contributed by atoms with van der Waals surface area (Å²) < 4.78 is 1.93. The Kier molecular flexibility index (Phi) is 4.73. The SMILES string of the molecule is Cc1ccccc1Cn1ccc(NC(=S)NC2CCCC2)n1. The highest BCUT2D eigenvalue weighted by atomic mass is 32.1. The first-order valence-electron chi connectivity index (χ1n) is 7.86. The molecule has 2 aromatic rings. The molecule has 1 aliphatic rings. The number of aryl methyl sites for hydroxylation is 1. The van der Waals surface area contributed by atoms with Crippen molar-refractivity contribution in [3.63, 3.8) is 0 Å². The zero-order valence-corrected chi connectivity index (χ0v) is 13.7. The highest BCUT2D eigenvalue weighted by Gasteiger charge is 2.15. The smallest absolute Gasteiger partial charge is 0.172 e. The summed E-state index contributed by atoms with van der Waals surface area (Å²) in [5.41, 5.74) is 2.56. The zero-order valence-electron chi connectivity index (χ0n) is 12.9. The van der Waals surface area contributed by atoms with Crippen molar-refractivity contribution in [3.05, 3.63) is 47.7 Å². The lowest BCUT2D eigenvalue weighted by atomic mass is 10.1. The molecule has 0 aliphatic heterocycles. The van der Waals surface area contributed by atoms with Gasteiger partial charge in [0.05, 0.1) is 6.54 Å². The number of aromatic nitrogens is 2. The van der Waals surface area contributed by atoms with Crippen LogP contribution in [0.3, 0.4) is 0 Å². The fraction of sp³-hybridized carbons (Fsp3) is 0.412. The van der Waals surface area contributed by atoms with Gasteiger partial charge in [0, 0.05) is 18.3 Å². The van der Waals surface area contributed by atoms with E-state index in [9.17, 15) is 0 Å². The van der Waals surface area contributed by atoms with Crippen LogP contribution in [0, 0.1) is 6.92 Å². The second-order valence-electron chi connectivity index (χ2n) is 5.90. The number of thiocarbonyl (C=S) groups is 1. The lowest BCUT2D eigenvalue weighted by Gasteiger charge is -2.14. The van der Waals surface area contributed by atoms with Crippen molar-refractivity contribution in [1.82, 2.24) is 15.1 Å². The molecule has 0 amide bonds. The van der Waals surface area contributed by atoms with Crippen molar-refractivity contribution in [2.24, 2.45) is 0 Å². The molecule has 5 heteroatoms. The third-order valence-electron chi connectivity index (χ3n) is 4.17. The number of nitrogens with zero attached hydrogens (tertiary/aromatic N) is 2. The van der Waals surface area contributed by atoms with Gasteiger partial charge in [-0.2, -0.15) is 5.10 Å². The summed E-state index contributed by atoms with van der Waals surface area (Å²) in [5, 5.41) is 11.8. The Morgan fingerprint density at radius 2 is 2.05 bits per heavy atom. The predicted octanol–water partition coefficient (Wildman–Crippen LogP) is 3.47. The molecular formula is C17H22N4S. The van der Waals surface area contributed by atoms with Crippen LogP contribution in [-0.2, 0) is 6.54 Å². The lowest BCUT2D eigenvalue weighted by molar-refractivity contribution is 0.634. The maximum absolute atomic E-state index is 5.36. The van der Waals surface area contributed by atoms with E-state index in [4.69, 9.17) is 12.2 Å². The molecule has 1 fully saturated rings. The summed E-state index contributed by atoms with van der Waals surface area (Å²) in [6.45, 7) is 2.90. The van der Waals surface area contributed by atoms with E-state index in [0.717, 1.165) is 12.4 Å². The zero-order chi connectivity index (χ0) is 15.4. The van der Waals surface area contributed by atoms with Gasteiger partial charge in [-0.25, -0.2) is 0 Å². The van der Waals surface area contributed by atoms with Gasteiger partial charge in [-0.1, -0.05) is 37.1 Å². The van der Waals surface area contributed by atoms with Gasteiger partial charge in [-0.3, -0.25) is 4.68 Å². The monoisotopic (exact) mass is 314 g/mol. The molecule has 0 bridgehead atoms. The van der Waals surface area contributed by atoms with E-state index in [2.05, 4.69) is 46.9 Å². The normalized spacial score (nSPS) is 15.0. The summed E-state index contributed by atoms with van der Waals surface area (Å²) in [5.74, 6) is 0.795. The molecule has 3 rings (SSSR count). The molecule has 0 spiro atoms. The van der Waals surface area contributed by atoms with Crippen LogP contribution < -0.4 is 10.6 Å². The number of hydrogen-bond donors (Lipinski definition) is 2. The Labute approximate surface area is 136 Å². The Bertz CT molecular complexity index is 644. The topological polar surface area (TPSA) is 41.9 Å². The third-order valence-corrected chi connectivity index (χ3v) is 4.39. The average Bonchev–Trinajstić information content (AvgIpc) is 3.14. The number of anilines is 1. The van der Waals surface area contributed by atoms with Gasteiger partial charge < -0.3 is 10.6 Å². The number of benzene rings is 1. The van der Waals surface area contributed by atoms with E-state index < -0.39 is 0 Å². The Hall–Kier alpha value is -1.88. The molecule has 1 saturated carbocycles. The van der Waals surface area contributed by atoms with Crippen LogP contribution >= 0.6 is 12.2 Å². The van der Waals surface area contributed by atoms with Crippen LogP contribution in [0.5, 0.6) is 0 Å². The summed E-state index contributed by atoms with van der Waals surface area (Å²) in [4.78, 5) is 0. The van der Waals surface area contributed by atoms with Gasteiger partial charge in [0.2, 0.25) is 0 Å². The number of nitrogens with one attached hydrogen (secondary N) is 2. The van der Waals surface area contributed by atoms with E-state index >= 15 is 0 Å². The molecular weight excluding hydrogens is 292 g/mol. The van der Waals surface area contributed by atoms with Crippen molar-refractivity contribution in [3.8, 4) is 0 Å². The van der Waals surface area contributed by atoms with Gasteiger partial charge in [0.1, 0.15) is 0 Å². The minimum absolute atomic E-state index is 0.522. The number of rotatable bonds is 4. The average molecular weight is 314 g/mol. The third kappa shape index (κ3) is 3.85. The molecule has 1 aromatic heterocycles. The van der Waals surface area contributed by atoms with Gasteiger partial charge in [-0.05, 0) is 43.1 Å². The molecule has 1 heterocycles. The second-order valence-corrected chi connectivity index (χ2v) is 6.31. The number of hydrogen-bond acceptors (Lipinski definition) is 2. The molecule has 0 atom stereocenters. The van der Waals surface area contributed by atoms with Crippen LogP contribution in [0.2, 0.25) is 0 Å². The molecule has 116 valence electrons. The van der Waals surface area contributed by atoms with Crippen molar-refractivity contribution in [2.45, 2.75) is 45.2 Å². The lowest BCUT2D eigenvalue weighted by Crippen LogP contribution is -2.36. The van der Waals surface area contributed by atoms with Crippen molar-refractivity contribution < 1.29 is 0 Å². The van der Waals surface area contributed by atoms with Gasteiger partial charge in [0.15, 0.2) is 10.9 Å². The van der Waals surface area contributed by atoms with E-state index in [1.807, 2.05) is 16.9 Å². The molecule has 0 saturated heterocycles. The Morgan fingerprint density at radius 1 is 1.27 bits per heavy atom. The van der Waals surface area contributed by atoms with Crippen LogP contribution in [-0.4, -0.2) is 20.9 Å². The minimum Gasteiger partial charge on any atom is -0.360 e.